The highest BCUT2D eigenvalue weighted by atomic mass is 16.3. The van der Waals surface area contributed by atoms with Crippen molar-refractivity contribution in [2.24, 2.45) is 0 Å². The lowest BCUT2D eigenvalue weighted by molar-refractivity contribution is 0.330. The van der Waals surface area contributed by atoms with Crippen LogP contribution in [0.2, 0.25) is 0 Å². The second-order valence-corrected chi connectivity index (χ2v) is 3.43. The number of aromatic amines is 1. The molecule has 0 unspecified atom stereocenters. The van der Waals surface area contributed by atoms with Crippen molar-refractivity contribution in [3.05, 3.63) is 44.2 Å². The maximum absolute atomic E-state index is 11.3. The number of H-pyrrole nitrogens is 1. The van der Waals surface area contributed by atoms with Crippen LogP contribution >= 0.6 is 0 Å². The molecule has 0 aliphatic carbocycles. The quantitative estimate of drug-likeness (QED) is 0.677. The Balaban J connectivity index is 3.02. The number of aliphatic hydroxyl groups excluding tert-OH is 1. The van der Waals surface area contributed by atoms with Crippen molar-refractivity contribution in [2.75, 3.05) is 6.61 Å². The van der Waals surface area contributed by atoms with Gasteiger partial charge in [0.25, 0.3) is 5.56 Å². The van der Waals surface area contributed by atoms with Crippen molar-refractivity contribution in [3.63, 3.8) is 0 Å². The summed E-state index contributed by atoms with van der Waals surface area (Å²) in [7, 11) is 0. The minimum Gasteiger partial charge on any atom is -0.392 e. The van der Waals surface area contributed by atoms with Crippen LogP contribution in [0.15, 0.2) is 27.4 Å². The molecule has 5 heteroatoms. The smallest absolute Gasteiger partial charge is 0.328 e. The molecule has 1 aromatic rings. The lowest BCUT2D eigenvalue weighted by Gasteiger charge is -2.02. The zero-order chi connectivity index (χ0) is 11.4. The monoisotopic (exact) mass is 210 g/mol. The number of aromatic nitrogens is 2. The van der Waals surface area contributed by atoms with Crippen molar-refractivity contribution < 1.29 is 5.11 Å². The van der Waals surface area contributed by atoms with Gasteiger partial charge in [-0.3, -0.25) is 14.3 Å². The van der Waals surface area contributed by atoms with Crippen LogP contribution in [0.5, 0.6) is 0 Å². The van der Waals surface area contributed by atoms with Crippen molar-refractivity contribution in [1.29, 1.82) is 0 Å². The summed E-state index contributed by atoms with van der Waals surface area (Å²) >= 11 is 0. The minimum atomic E-state index is -0.437. The number of nitrogens with one attached hydrogen (secondary N) is 1. The molecule has 0 atom stereocenters. The molecule has 0 saturated heterocycles. The first-order chi connectivity index (χ1) is 7.04. The maximum Gasteiger partial charge on any atom is 0.328 e. The summed E-state index contributed by atoms with van der Waals surface area (Å²) in [4.78, 5) is 24.6. The third kappa shape index (κ3) is 2.92. The van der Waals surface area contributed by atoms with Crippen LogP contribution in [0.1, 0.15) is 12.5 Å². The van der Waals surface area contributed by atoms with Crippen molar-refractivity contribution >= 4 is 0 Å². The summed E-state index contributed by atoms with van der Waals surface area (Å²) in [6.45, 7) is 3.72. The molecule has 1 heterocycles. The topological polar surface area (TPSA) is 75.1 Å². The van der Waals surface area contributed by atoms with Gasteiger partial charge in [-0.15, -0.1) is 0 Å². The van der Waals surface area contributed by atoms with Crippen molar-refractivity contribution in [3.8, 4) is 0 Å². The molecule has 0 amide bonds. The van der Waals surface area contributed by atoms with E-state index in [4.69, 9.17) is 5.11 Å². The Morgan fingerprint density at radius 1 is 1.60 bits per heavy atom. The van der Waals surface area contributed by atoms with Crippen LogP contribution in [-0.2, 0) is 6.54 Å². The standard InChI is InChI=1S/C10H14N2O3/c1-7(6-13)3-4-12-5-8(2)9(14)11-10(12)15/h3,5,13H,4,6H2,1-2H3,(H,11,14,15)/b7-3+. The number of rotatable bonds is 3. The molecule has 0 bridgehead atoms. The van der Waals surface area contributed by atoms with Gasteiger partial charge in [-0.25, -0.2) is 4.79 Å². The molecule has 0 aliphatic rings. The second-order valence-electron chi connectivity index (χ2n) is 3.43. The zero-order valence-electron chi connectivity index (χ0n) is 8.78. The predicted molar refractivity (Wildman–Crippen MR) is 56.9 cm³/mol. The van der Waals surface area contributed by atoms with Gasteiger partial charge in [0.2, 0.25) is 0 Å². The second kappa shape index (κ2) is 4.75. The summed E-state index contributed by atoms with van der Waals surface area (Å²) < 4.78 is 1.38. The average molecular weight is 210 g/mol. The molecule has 0 spiro atoms. The van der Waals surface area contributed by atoms with Crippen LogP contribution < -0.4 is 11.2 Å². The van der Waals surface area contributed by atoms with E-state index >= 15 is 0 Å². The maximum atomic E-state index is 11.3. The first-order valence-corrected chi connectivity index (χ1v) is 4.61. The van der Waals surface area contributed by atoms with E-state index < -0.39 is 5.69 Å². The lowest BCUT2D eigenvalue weighted by atomic mass is 10.3. The molecule has 82 valence electrons. The van der Waals surface area contributed by atoms with Gasteiger partial charge in [0.05, 0.1) is 6.61 Å². The summed E-state index contributed by atoms with van der Waals surface area (Å²) in [6.07, 6.45) is 3.24. The van der Waals surface area contributed by atoms with Gasteiger partial charge in [0.1, 0.15) is 0 Å². The van der Waals surface area contributed by atoms with E-state index in [-0.39, 0.29) is 12.2 Å². The molecule has 0 aromatic carbocycles. The predicted octanol–water partition coefficient (Wildman–Crippen LogP) is -0.216. The van der Waals surface area contributed by atoms with Gasteiger partial charge in [-0.2, -0.15) is 0 Å². The third-order valence-corrected chi connectivity index (χ3v) is 2.07. The fourth-order valence-electron chi connectivity index (χ4n) is 1.07. The van der Waals surface area contributed by atoms with E-state index in [1.165, 1.54) is 10.8 Å². The van der Waals surface area contributed by atoms with Crippen molar-refractivity contribution in [1.82, 2.24) is 9.55 Å². The Hall–Kier alpha value is -1.62. The highest BCUT2D eigenvalue weighted by Gasteiger charge is 1.98. The molecule has 15 heavy (non-hydrogen) atoms. The van der Waals surface area contributed by atoms with Crippen LogP contribution in [0.25, 0.3) is 0 Å². The summed E-state index contributed by atoms with van der Waals surface area (Å²) in [5.74, 6) is 0. The SMILES string of the molecule is C/C(=C\Cn1cc(C)c(=O)[nH]c1=O)CO. The van der Waals surface area contributed by atoms with E-state index in [0.717, 1.165) is 5.57 Å². The highest BCUT2D eigenvalue weighted by molar-refractivity contribution is 5.03. The van der Waals surface area contributed by atoms with Gasteiger partial charge in [0.15, 0.2) is 0 Å². The highest BCUT2D eigenvalue weighted by Crippen LogP contribution is 1.92. The largest absolute Gasteiger partial charge is 0.392 e. The Labute approximate surface area is 86.7 Å². The molecule has 0 fully saturated rings. The fourth-order valence-corrected chi connectivity index (χ4v) is 1.07. The fraction of sp³-hybridized carbons (Fsp3) is 0.400. The summed E-state index contributed by atoms with van der Waals surface area (Å²) in [5, 5.41) is 8.77. The van der Waals surface area contributed by atoms with Gasteiger partial charge in [-0.05, 0) is 13.8 Å². The average Bonchev–Trinajstić information content (AvgIpc) is 2.21. The Morgan fingerprint density at radius 2 is 2.27 bits per heavy atom. The van der Waals surface area contributed by atoms with E-state index in [0.29, 0.717) is 12.1 Å². The van der Waals surface area contributed by atoms with Crippen LogP contribution in [0, 0.1) is 6.92 Å². The zero-order valence-corrected chi connectivity index (χ0v) is 8.78. The summed E-state index contributed by atoms with van der Waals surface area (Å²) in [6, 6.07) is 0. The molecule has 0 radical (unpaired) electrons. The minimum absolute atomic E-state index is 0.0307. The first kappa shape index (κ1) is 11.5. The molecular weight excluding hydrogens is 196 g/mol. The van der Waals surface area contributed by atoms with E-state index in [1.54, 1.807) is 19.9 Å². The molecule has 0 aliphatic heterocycles. The normalized spacial score (nSPS) is 11.8. The van der Waals surface area contributed by atoms with Gasteiger partial charge < -0.3 is 5.11 Å². The van der Waals surface area contributed by atoms with E-state index in [1.807, 2.05) is 0 Å². The molecule has 1 rings (SSSR count). The van der Waals surface area contributed by atoms with Gasteiger partial charge >= 0.3 is 5.69 Å². The molecular formula is C10H14N2O3. The number of aliphatic hydroxyl groups is 1. The number of hydrogen-bond acceptors (Lipinski definition) is 3. The lowest BCUT2D eigenvalue weighted by Crippen LogP contribution is -2.30. The Bertz CT molecular complexity index is 482. The van der Waals surface area contributed by atoms with Gasteiger partial charge in [0, 0.05) is 18.3 Å². The van der Waals surface area contributed by atoms with Crippen LogP contribution in [0.3, 0.4) is 0 Å². The molecule has 5 nitrogen and oxygen atoms in total. The summed E-state index contributed by atoms with van der Waals surface area (Å²) in [5.41, 5.74) is 0.474. The van der Waals surface area contributed by atoms with E-state index in [2.05, 4.69) is 4.98 Å². The van der Waals surface area contributed by atoms with E-state index in [9.17, 15) is 9.59 Å². The number of hydrogen-bond donors (Lipinski definition) is 2. The third-order valence-electron chi connectivity index (χ3n) is 2.07. The molecule has 1 aromatic heterocycles. The number of allylic oxidation sites excluding steroid dienone is 1. The molecule has 0 saturated carbocycles. The van der Waals surface area contributed by atoms with Crippen molar-refractivity contribution in [2.45, 2.75) is 20.4 Å². The van der Waals surface area contributed by atoms with Crippen LogP contribution in [-0.4, -0.2) is 21.3 Å². The number of aryl methyl sites for hydroxylation is 1. The molecule has 2 N–H and O–H groups in total. The van der Waals surface area contributed by atoms with Gasteiger partial charge in [-0.1, -0.05) is 11.6 Å². The Morgan fingerprint density at radius 3 is 2.87 bits per heavy atom. The Kier molecular flexibility index (Phi) is 3.62. The number of nitrogens with zero attached hydrogens (tertiary/aromatic N) is 1. The first-order valence-electron chi connectivity index (χ1n) is 4.61. The van der Waals surface area contributed by atoms with Crippen LogP contribution in [0.4, 0.5) is 0 Å².